The van der Waals surface area contributed by atoms with Gasteiger partial charge in [-0.25, -0.2) is 4.98 Å². The van der Waals surface area contributed by atoms with Crippen molar-refractivity contribution in [3.05, 3.63) is 249 Å². The van der Waals surface area contributed by atoms with Crippen LogP contribution >= 0.6 is 0 Å². The molecule has 0 aliphatic rings. The predicted molar refractivity (Wildman–Crippen MR) is 307 cm³/mol. The van der Waals surface area contributed by atoms with Gasteiger partial charge in [0.25, 0.3) is 0 Å². The van der Waals surface area contributed by atoms with Crippen LogP contribution in [0.3, 0.4) is 0 Å². The number of imidazole rings is 2. The van der Waals surface area contributed by atoms with Crippen molar-refractivity contribution in [1.29, 1.82) is 0 Å². The minimum Gasteiger partial charge on any atom is -0.309 e. The van der Waals surface area contributed by atoms with Crippen LogP contribution in [-0.4, -0.2) is 32.2 Å². The molecule has 0 saturated carbocycles. The van der Waals surface area contributed by atoms with Crippen LogP contribution < -0.4 is 0 Å². The van der Waals surface area contributed by atoms with Gasteiger partial charge in [0.2, 0.25) is 5.78 Å². The van der Waals surface area contributed by atoms with Crippen molar-refractivity contribution in [2.75, 3.05) is 0 Å². The zero-order valence-corrected chi connectivity index (χ0v) is 39.8. The lowest BCUT2D eigenvalue weighted by Gasteiger charge is -2.17. The van der Waals surface area contributed by atoms with E-state index >= 15 is 0 Å². The van der Waals surface area contributed by atoms with Gasteiger partial charge in [-0.3, -0.25) is 8.97 Å². The number of aromatic nitrogens is 7. The maximum Gasteiger partial charge on any atom is 0.220 e. The fourth-order valence-electron chi connectivity index (χ4n) is 12.8. The first-order chi connectivity index (χ1) is 36.8. The Bertz CT molecular complexity index is 5090. The minimum absolute atomic E-state index is 0.841. The van der Waals surface area contributed by atoms with Crippen molar-refractivity contribution in [1.82, 2.24) is 32.2 Å². The molecule has 17 rings (SSSR count). The SMILES string of the molecule is c1ccc(-n2c3ccccc3c3ccc4c(nc5n(-c6ccccc6)c6c(-n7c8ccccc8c8cc(-n9c%10ccccc%10c%10ccccc%109)ccc87)cc(-n7c8ccccc8c8ccccc87)cc6n45)c32)cc1. The molecule has 11 aromatic carbocycles. The molecule has 74 heavy (non-hydrogen) atoms. The Labute approximate surface area is 422 Å². The number of rotatable bonds is 5. The molecule has 17 aromatic rings. The summed E-state index contributed by atoms with van der Waals surface area (Å²) in [6.45, 7) is 0. The van der Waals surface area contributed by atoms with E-state index in [1.807, 2.05) is 0 Å². The van der Waals surface area contributed by atoms with Crippen LogP contribution in [0.25, 0.3) is 144 Å². The highest BCUT2D eigenvalue weighted by molar-refractivity contribution is 6.19. The van der Waals surface area contributed by atoms with Crippen molar-refractivity contribution in [2.24, 2.45) is 0 Å². The molecule has 0 atom stereocenters. The Hall–Kier alpha value is -10.1. The highest BCUT2D eigenvalue weighted by Crippen LogP contribution is 2.44. The molecule has 0 radical (unpaired) electrons. The van der Waals surface area contributed by atoms with E-state index in [-0.39, 0.29) is 0 Å². The summed E-state index contributed by atoms with van der Waals surface area (Å²) in [7, 11) is 0. The first kappa shape index (κ1) is 39.6. The first-order valence-corrected chi connectivity index (χ1v) is 25.3. The average molecular weight is 944 g/mol. The van der Waals surface area contributed by atoms with Gasteiger partial charge in [0.1, 0.15) is 5.52 Å². The lowest BCUT2D eigenvalue weighted by Crippen LogP contribution is -2.04. The summed E-state index contributed by atoms with van der Waals surface area (Å²) < 4.78 is 14.6. The van der Waals surface area contributed by atoms with Crippen molar-refractivity contribution in [3.8, 4) is 28.4 Å². The molecule has 7 nitrogen and oxygen atoms in total. The topological polar surface area (TPSA) is 42.0 Å². The lowest BCUT2D eigenvalue weighted by atomic mass is 10.1. The van der Waals surface area contributed by atoms with E-state index in [4.69, 9.17) is 4.98 Å². The molecule has 0 N–H and O–H groups in total. The lowest BCUT2D eigenvalue weighted by molar-refractivity contribution is 1.09. The standard InChI is InChI=1S/C67H41N7/c1-3-19-42(20-4-1)71-58-33-17-11-27-50(58)52-36-38-61-64(65(52)71)68-67-72(43-21-5-2-6-22-43)66-62(40-45(41-63(66)74(61)67)70-56-31-15-9-25-48(56)49-26-10-16-32-57(49)70)73-59-34-18-12-28-51(59)53-39-44(35-37-60(53)73)69-54-29-13-7-23-46(54)47-24-8-14-30-55(47)69/h1-41H. The number of hydrogen-bond acceptors (Lipinski definition) is 1. The summed E-state index contributed by atoms with van der Waals surface area (Å²) in [5, 5.41) is 9.67. The smallest absolute Gasteiger partial charge is 0.220 e. The summed E-state index contributed by atoms with van der Waals surface area (Å²) >= 11 is 0. The van der Waals surface area contributed by atoms with E-state index in [1.54, 1.807) is 0 Å². The van der Waals surface area contributed by atoms with Gasteiger partial charge >= 0.3 is 0 Å². The quantitative estimate of drug-likeness (QED) is 0.169. The molecule has 6 aromatic heterocycles. The monoisotopic (exact) mass is 943 g/mol. The number of para-hydroxylation sites is 8. The van der Waals surface area contributed by atoms with E-state index in [1.165, 1.54) is 54.1 Å². The van der Waals surface area contributed by atoms with Gasteiger partial charge < -0.3 is 18.3 Å². The predicted octanol–water partition coefficient (Wildman–Crippen LogP) is 16.8. The highest BCUT2D eigenvalue weighted by Gasteiger charge is 2.27. The molecule has 0 aliphatic heterocycles. The van der Waals surface area contributed by atoms with Crippen molar-refractivity contribution in [3.63, 3.8) is 0 Å². The van der Waals surface area contributed by atoms with Gasteiger partial charge in [-0.2, -0.15) is 0 Å². The third-order valence-electron chi connectivity index (χ3n) is 15.8. The fourth-order valence-corrected chi connectivity index (χ4v) is 12.8. The number of benzene rings is 11. The van der Waals surface area contributed by atoms with Gasteiger partial charge in [-0.05, 0) is 103 Å². The summed E-state index contributed by atoms with van der Waals surface area (Å²) in [5.74, 6) is 0.841. The Morgan fingerprint density at radius 3 is 1.20 bits per heavy atom. The first-order valence-electron chi connectivity index (χ1n) is 25.3. The molecule has 0 bridgehead atoms. The molecule has 0 unspecified atom stereocenters. The zero-order chi connectivity index (χ0) is 48.2. The molecule has 0 saturated heterocycles. The second-order valence-corrected chi connectivity index (χ2v) is 19.6. The summed E-state index contributed by atoms with van der Waals surface area (Å²) in [4.78, 5) is 5.85. The molecular formula is C67H41N7. The van der Waals surface area contributed by atoms with E-state index < -0.39 is 0 Å². The normalized spacial score (nSPS) is 12.3. The molecular weight excluding hydrogens is 903 g/mol. The number of fused-ring (bicyclic) bond motifs is 18. The van der Waals surface area contributed by atoms with Crippen LogP contribution in [0.5, 0.6) is 0 Å². The summed E-state index contributed by atoms with van der Waals surface area (Å²) in [6, 6.07) is 90.7. The summed E-state index contributed by atoms with van der Waals surface area (Å²) in [6.07, 6.45) is 0. The van der Waals surface area contributed by atoms with Gasteiger partial charge in [-0.15, -0.1) is 0 Å². The third kappa shape index (κ3) is 5.21. The van der Waals surface area contributed by atoms with Crippen LogP contribution in [0.2, 0.25) is 0 Å². The fraction of sp³-hybridized carbons (Fsp3) is 0. The second kappa shape index (κ2) is 14.7. The second-order valence-electron chi connectivity index (χ2n) is 19.6. The molecule has 0 fully saturated rings. The number of nitrogens with zero attached hydrogens (tertiary/aromatic N) is 7. The molecule has 6 heterocycles. The van der Waals surface area contributed by atoms with Crippen molar-refractivity contribution in [2.45, 2.75) is 0 Å². The highest BCUT2D eigenvalue weighted by atomic mass is 15.2. The van der Waals surface area contributed by atoms with Gasteiger partial charge in [0.15, 0.2) is 0 Å². The average Bonchev–Trinajstić information content (AvgIpc) is 4.31. The zero-order valence-electron chi connectivity index (χ0n) is 39.8. The molecule has 7 heteroatoms. The van der Waals surface area contributed by atoms with E-state index in [9.17, 15) is 0 Å². The largest absolute Gasteiger partial charge is 0.309 e. The summed E-state index contributed by atoms with van der Waals surface area (Å²) in [5.41, 5.74) is 18.6. The van der Waals surface area contributed by atoms with Crippen molar-refractivity contribution >= 4 is 115 Å². The maximum absolute atomic E-state index is 5.85. The third-order valence-corrected chi connectivity index (χ3v) is 15.8. The molecule has 344 valence electrons. The molecule has 0 aliphatic carbocycles. The van der Waals surface area contributed by atoms with E-state index in [0.29, 0.717) is 0 Å². The molecule has 0 amide bonds. The Morgan fingerprint density at radius 1 is 0.230 bits per heavy atom. The van der Waals surface area contributed by atoms with Crippen LogP contribution in [-0.2, 0) is 0 Å². The van der Waals surface area contributed by atoms with Crippen LogP contribution in [0.4, 0.5) is 0 Å². The van der Waals surface area contributed by atoms with Crippen LogP contribution in [0, 0.1) is 0 Å². The van der Waals surface area contributed by atoms with E-state index in [2.05, 4.69) is 276 Å². The van der Waals surface area contributed by atoms with Crippen LogP contribution in [0.15, 0.2) is 249 Å². The Morgan fingerprint density at radius 2 is 0.649 bits per heavy atom. The maximum atomic E-state index is 5.85. The van der Waals surface area contributed by atoms with Gasteiger partial charge in [0, 0.05) is 60.2 Å². The van der Waals surface area contributed by atoms with Crippen LogP contribution in [0.1, 0.15) is 0 Å². The van der Waals surface area contributed by atoms with Gasteiger partial charge in [-0.1, -0.05) is 146 Å². The Kier molecular flexibility index (Phi) is 7.88. The Balaban J connectivity index is 1.05. The van der Waals surface area contributed by atoms with E-state index in [0.717, 1.165) is 89.4 Å². The minimum atomic E-state index is 0.841. The van der Waals surface area contributed by atoms with Crippen molar-refractivity contribution < 1.29 is 0 Å². The number of hydrogen-bond donors (Lipinski definition) is 0. The van der Waals surface area contributed by atoms with Gasteiger partial charge in [0.05, 0.1) is 72.1 Å². The molecule has 0 spiro atoms.